The van der Waals surface area contributed by atoms with Crippen LogP contribution in [-0.2, 0) is 0 Å². The third kappa shape index (κ3) is 4.33. The molecule has 0 unspecified atom stereocenters. The first-order valence-electron chi connectivity index (χ1n) is 6.08. The maximum atomic E-state index is 9.24. The minimum Gasteiger partial charge on any atom is -0.463 e. The number of nitrogens with two attached hydrogens (primary N) is 1. The molecule has 0 aromatic carbocycles. The SMILES string of the molecule is CCCOc1nc(N)nc(N[C@H](CO)C(C)C)n1. The summed E-state index contributed by atoms with van der Waals surface area (Å²) in [5.41, 5.74) is 5.58. The number of rotatable bonds is 7. The van der Waals surface area contributed by atoms with Crippen LogP contribution in [0.25, 0.3) is 0 Å². The van der Waals surface area contributed by atoms with E-state index in [0.29, 0.717) is 12.6 Å². The van der Waals surface area contributed by atoms with Gasteiger partial charge in [-0.1, -0.05) is 20.8 Å². The molecule has 0 radical (unpaired) electrons. The lowest BCUT2D eigenvalue weighted by Crippen LogP contribution is -2.30. The van der Waals surface area contributed by atoms with E-state index in [1.807, 2.05) is 20.8 Å². The fraction of sp³-hybridized carbons (Fsp3) is 0.727. The zero-order valence-corrected chi connectivity index (χ0v) is 11.1. The molecule has 7 heteroatoms. The van der Waals surface area contributed by atoms with Crippen molar-refractivity contribution in [3.63, 3.8) is 0 Å². The van der Waals surface area contributed by atoms with Crippen molar-refractivity contribution in [3.8, 4) is 6.01 Å². The van der Waals surface area contributed by atoms with Crippen LogP contribution in [0.2, 0.25) is 0 Å². The quantitative estimate of drug-likeness (QED) is 0.657. The summed E-state index contributed by atoms with van der Waals surface area (Å²) in [6.45, 7) is 6.50. The summed E-state index contributed by atoms with van der Waals surface area (Å²) >= 11 is 0. The van der Waals surface area contributed by atoms with Crippen molar-refractivity contribution in [1.82, 2.24) is 15.0 Å². The summed E-state index contributed by atoms with van der Waals surface area (Å²) < 4.78 is 5.31. The Morgan fingerprint density at radius 2 is 2.06 bits per heavy atom. The van der Waals surface area contributed by atoms with E-state index in [2.05, 4.69) is 20.3 Å². The van der Waals surface area contributed by atoms with Crippen molar-refractivity contribution >= 4 is 11.9 Å². The predicted octanol–water partition coefficient (Wildman–Crippen LogP) is 0.671. The van der Waals surface area contributed by atoms with E-state index >= 15 is 0 Å². The Bertz CT molecular complexity index is 372. The molecule has 18 heavy (non-hydrogen) atoms. The molecule has 0 bridgehead atoms. The highest BCUT2D eigenvalue weighted by Crippen LogP contribution is 2.12. The Morgan fingerprint density at radius 1 is 1.33 bits per heavy atom. The van der Waals surface area contributed by atoms with Crippen molar-refractivity contribution < 1.29 is 9.84 Å². The number of aliphatic hydroxyl groups is 1. The summed E-state index contributed by atoms with van der Waals surface area (Å²) in [6.07, 6.45) is 0.861. The number of nitrogens with one attached hydrogen (secondary N) is 1. The topological polar surface area (TPSA) is 106 Å². The van der Waals surface area contributed by atoms with E-state index < -0.39 is 0 Å². The maximum Gasteiger partial charge on any atom is 0.323 e. The highest BCUT2D eigenvalue weighted by atomic mass is 16.5. The molecule has 0 saturated heterocycles. The van der Waals surface area contributed by atoms with Gasteiger partial charge in [0, 0.05) is 0 Å². The van der Waals surface area contributed by atoms with Gasteiger partial charge in [0.1, 0.15) is 0 Å². The van der Waals surface area contributed by atoms with Crippen LogP contribution in [0.3, 0.4) is 0 Å². The average molecular weight is 255 g/mol. The summed E-state index contributed by atoms with van der Waals surface area (Å²) in [6, 6.07) is 0.0677. The average Bonchev–Trinajstić information content (AvgIpc) is 2.32. The molecule has 0 spiro atoms. The second-order valence-corrected chi connectivity index (χ2v) is 4.33. The van der Waals surface area contributed by atoms with Gasteiger partial charge in [0.05, 0.1) is 19.3 Å². The lowest BCUT2D eigenvalue weighted by molar-refractivity contribution is 0.248. The van der Waals surface area contributed by atoms with Gasteiger partial charge in [-0.2, -0.15) is 15.0 Å². The number of nitrogens with zero attached hydrogens (tertiary/aromatic N) is 3. The van der Waals surface area contributed by atoms with Crippen LogP contribution in [-0.4, -0.2) is 39.3 Å². The van der Waals surface area contributed by atoms with Gasteiger partial charge in [-0.25, -0.2) is 0 Å². The van der Waals surface area contributed by atoms with Crippen molar-refractivity contribution in [2.24, 2.45) is 5.92 Å². The fourth-order valence-electron chi connectivity index (χ4n) is 1.28. The van der Waals surface area contributed by atoms with E-state index in [1.54, 1.807) is 0 Å². The molecule has 0 saturated carbocycles. The summed E-state index contributed by atoms with van der Waals surface area (Å²) in [4.78, 5) is 11.9. The monoisotopic (exact) mass is 255 g/mol. The molecule has 1 atom stereocenters. The Morgan fingerprint density at radius 3 is 2.61 bits per heavy atom. The second kappa shape index (κ2) is 6.95. The van der Waals surface area contributed by atoms with E-state index in [4.69, 9.17) is 10.5 Å². The van der Waals surface area contributed by atoms with Crippen LogP contribution in [0.5, 0.6) is 6.01 Å². The molecular formula is C11H21N5O2. The number of aliphatic hydroxyl groups excluding tert-OH is 1. The van der Waals surface area contributed by atoms with Crippen molar-refractivity contribution in [2.45, 2.75) is 33.2 Å². The van der Waals surface area contributed by atoms with Crippen LogP contribution in [0, 0.1) is 5.92 Å². The van der Waals surface area contributed by atoms with Crippen molar-refractivity contribution in [3.05, 3.63) is 0 Å². The van der Waals surface area contributed by atoms with Crippen LogP contribution in [0.4, 0.5) is 11.9 Å². The predicted molar refractivity (Wildman–Crippen MR) is 69.4 cm³/mol. The second-order valence-electron chi connectivity index (χ2n) is 4.33. The smallest absolute Gasteiger partial charge is 0.323 e. The van der Waals surface area contributed by atoms with E-state index in [9.17, 15) is 5.11 Å². The molecule has 1 aromatic rings. The molecule has 1 aromatic heterocycles. The normalized spacial score (nSPS) is 12.5. The largest absolute Gasteiger partial charge is 0.463 e. The number of nitrogen functional groups attached to an aromatic ring is 1. The van der Waals surface area contributed by atoms with Crippen molar-refractivity contribution in [2.75, 3.05) is 24.3 Å². The summed E-state index contributed by atoms with van der Waals surface area (Å²) in [7, 11) is 0. The standard InChI is InChI=1S/C11H21N5O2/c1-4-5-18-11-15-9(12)14-10(16-11)13-8(6-17)7(2)3/h7-8,17H,4-6H2,1-3H3,(H3,12,13,14,15,16)/t8-/m1/s1. The lowest BCUT2D eigenvalue weighted by atomic mass is 10.1. The molecule has 1 heterocycles. The van der Waals surface area contributed by atoms with Gasteiger partial charge in [0.15, 0.2) is 0 Å². The minimum atomic E-state index is -0.133. The van der Waals surface area contributed by atoms with Gasteiger partial charge in [-0.3, -0.25) is 0 Å². The minimum absolute atomic E-state index is 0.00555. The van der Waals surface area contributed by atoms with Crippen LogP contribution in [0.1, 0.15) is 27.2 Å². The summed E-state index contributed by atoms with van der Waals surface area (Å²) in [5.74, 6) is 0.661. The Balaban J connectivity index is 2.78. The third-order valence-corrected chi connectivity index (χ3v) is 2.38. The molecule has 4 N–H and O–H groups in total. The van der Waals surface area contributed by atoms with Gasteiger partial charge in [-0.15, -0.1) is 0 Å². The number of ether oxygens (including phenoxy) is 1. The Hall–Kier alpha value is -1.63. The van der Waals surface area contributed by atoms with Gasteiger partial charge in [0.25, 0.3) is 0 Å². The molecule has 0 aliphatic rings. The molecule has 7 nitrogen and oxygen atoms in total. The van der Waals surface area contributed by atoms with Gasteiger partial charge < -0.3 is 20.9 Å². The number of hydrogen-bond donors (Lipinski definition) is 3. The number of hydrogen-bond acceptors (Lipinski definition) is 7. The van der Waals surface area contributed by atoms with Crippen LogP contribution >= 0.6 is 0 Å². The Kier molecular flexibility index (Phi) is 5.57. The zero-order valence-electron chi connectivity index (χ0n) is 11.1. The first-order valence-corrected chi connectivity index (χ1v) is 6.08. The first kappa shape index (κ1) is 14.4. The van der Waals surface area contributed by atoms with Gasteiger partial charge in [0.2, 0.25) is 11.9 Å². The van der Waals surface area contributed by atoms with Crippen molar-refractivity contribution in [1.29, 1.82) is 0 Å². The molecule has 0 amide bonds. The van der Waals surface area contributed by atoms with E-state index in [0.717, 1.165) is 6.42 Å². The fourth-order valence-corrected chi connectivity index (χ4v) is 1.28. The highest BCUT2D eigenvalue weighted by Gasteiger charge is 2.14. The lowest BCUT2D eigenvalue weighted by Gasteiger charge is -2.19. The molecule has 0 aliphatic heterocycles. The molecular weight excluding hydrogens is 234 g/mol. The molecule has 0 aliphatic carbocycles. The highest BCUT2D eigenvalue weighted by molar-refractivity contribution is 5.33. The van der Waals surface area contributed by atoms with Crippen LogP contribution < -0.4 is 15.8 Å². The molecule has 0 fully saturated rings. The molecule has 102 valence electrons. The number of anilines is 2. The van der Waals surface area contributed by atoms with E-state index in [1.165, 1.54) is 0 Å². The van der Waals surface area contributed by atoms with Gasteiger partial charge >= 0.3 is 6.01 Å². The number of aromatic nitrogens is 3. The van der Waals surface area contributed by atoms with E-state index in [-0.39, 0.29) is 30.5 Å². The maximum absolute atomic E-state index is 9.24. The third-order valence-electron chi connectivity index (χ3n) is 2.38. The molecule has 1 rings (SSSR count). The summed E-state index contributed by atoms with van der Waals surface area (Å²) in [5, 5.41) is 12.3. The van der Waals surface area contributed by atoms with Gasteiger partial charge in [-0.05, 0) is 12.3 Å². The van der Waals surface area contributed by atoms with Crippen LogP contribution in [0.15, 0.2) is 0 Å². The Labute approximate surface area is 107 Å². The first-order chi connectivity index (χ1) is 8.56. The zero-order chi connectivity index (χ0) is 13.5.